The van der Waals surface area contributed by atoms with Crippen LogP contribution in [-0.4, -0.2) is 28.1 Å². The molecule has 0 aliphatic rings. The predicted molar refractivity (Wildman–Crippen MR) is 153 cm³/mol. The van der Waals surface area contributed by atoms with Gasteiger partial charge in [-0.15, -0.1) is 0 Å². The summed E-state index contributed by atoms with van der Waals surface area (Å²) in [7, 11) is -4.50. The number of sulfone groups is 1. The van der Waals surface area contributed by atoms with E-state index in [1.54, 1.807) is 37.3 Å². The van der Waals surface area contributed by atoms with Crippen molar-refractivity contribution in [2.75, 3.05) is 0 Å². The number of rotatable bonds is 9. The summed E-state index contributed by atoms with van der Waals surface area (Å²) in [6, 6.07) is 16.8. The molecule has 0 aliphatic heterocycles. The fourth-order valence-electron chi connectivity index (χ4n) is 4.97. The van der Waals surface area contributed by atoms with Gasteiger partial charge in [-0.2, -0.15) is 14.6 Å². The molecule has 0 aliphatic carbocycles. The largest absolute Gasteiger partial charge is 0.492 e. The fraction of sp³-hybridized carbons (Fsp3) is 0.290. The number of aromatic hydroxyl groups is 1. The van der Waals surface area contributed by atoms with Crippen LogP contribution in [0.2, 0.25) is 0 Å². The lowest BCUT2D eigenvalue weighted by Crippen LogP contribution is -2.35. The summed E-state index contributed by atoms with van der Waals surface area (Å²) in [5, 5.41) is 20.3. The minimum Gasteiger partial charge on any atom is -0.492 e. The first kappa shape index (κ1) is 29.6. The maximum atomic E-state index is 14.1. The zero-order valence-corrected chi connectivity index (χ0v) is 24.1. The Morgan fingerprint density at radius 2 is 1.78 bits per heavy atom. The second-order valence-electron chi connectivity index (χ2n) is 10.2. The van der Waals surface area contributed by atoms with Crippen molar-refractivity contribution in [2.45, 2.75) is 62.8 Å². The number of halogens is 1. The molecule has 0 amide bonds. The molecule has 2 aromatic carbocycles. The van der Waals surface area contributed by atoms with Gasteiger partial charge in [-0.25, -0.2) is 13.4 Å². The SMILES string of the molecule is CCCCc1nc(O)c(S(=O)(=O)c2ccc(-c3ccc(F)nc3C)cc2)c(=O)n1C(c1cccc(C#N)c1)C(C)C. The molecule has 2 aromatic heterocycles. The summed E-state index contributed by atoms with van der Waals surface area (Å²) in [5.74, 6) is -1.39. The van der Waals surface area contributed by atoms with Crippen LogP contribution in [0.25, 0.3) is 11.1 Å². The van der Waals surface area contributed by atoms with Gasteiger partial charge in [0.2, 0.25) is 21.7 Å². The van der Waals surface area contributed by atoms with Crippen molar-refractivity contribution in [1.82, 2.24) is 14.5 Å². The highest BCUT2D eigenvalue weighted by Crippen LogP contribution is 2.32. The monoisotopic (exact) mass is 574 g/mol. The summed E-state index contributed by atoms with van der Waals surface area (Å²) < 4.78 is 42.5. The standard InChI is InChI=1S/C31H31FN4O4S/c1-5-6-10-27-35-30(37)29(31(38)36(27)28(19(2)3)23-9-7-8-21(17-23)18-33)41(39,40)24-13-11-22(12-14-24)25-15-16-26(32)34-20(25)4/h7-9,11-17,19,28,37H,5-6,10H2,1-4H3. The van der Waals surface area contributed by atoms with E-state index < -0.39 is 38.2 Å². The zero-order valence-electron chi connectivity index (χ0n) is 23.3. The normalized spacial score (nSPS) is 12.3. The van der Waals surface area contributed by atoms with Crippen LogP contribution < -0.4 is 5.56 Å². The van der Waals surface area contributed by atoms with E-state index in [9.17, 15) is 28.0 Å². The Balaban J connectivity index is 1.90. The second-order valence-corrected chi connectivity index (χ2v) is 12.1. The lowest BCUT2D eigenvalue weighted by atomic mass is 9.94. The third-order valence-corrected chi connectivity index (χ3v) is 8.73. The van der Waals surface area contributed by atoms with E-state index >= 15 is 0 Å². The van der Waals surface area contributed by atoms with Crippen LogP contribution in [0.3, 0.4) is 0 Å². The Labute approximate surface area is 238 Å². The molecule has 10 heteroatoms. The average molecular weight is 575 g/mol. The molecule has 0 fully saturated rings. The van der Waals surface area contributed by atoms with Gasteiger partial charge in [0.1, 0.15) is 5.82 Å². The molecule has 0 radical (unpaired) electrons. The first-order chi connectivity index (χ1) is 19.5. The lowest BCUT2D eigenvalue weighted by molar-refractivity contribution is 0.374. The molecule has 4 rings (SSSR count). The van der Waals surface area contributed by atoms with Gasteiger partial charge >= 0.3 is 0 Å². The van der Waals surface area contributed by atoms with Gasteiger partial charge < -0.3 is 5.11 Å². The molecular weight excluding hydrogens is 543 g/mol. The van der Waals surface area contributed by atoms with Gasteiger partial charge in [-0.3, -0.25) is 9.36 Å². The van der Waals surface area contributed by atoms with Crippen molar-refractivity contribution in [3.05, 3.63) is 99.6 Å². The molecule has 8 nitrogen and oxygen atoms in total. The summed E-state index contributed by atoms with van der Waals surface area (Å²) >= 11 is 0. The van der Waals surface area contributed by atoms with Gasteiger partial charge in [0.05, 0.1) is 22.6 Å². The highest BCUT2D eigenvalue weighted by Gasteiger charge is 2.33. The van der Waals surface area contributed by atoms with Crippen molar-refractivity contribution in [1.29, 1.82) is 5.26 Å². The molecule has 1 N–H and O–H groups in total. The molecule has 1 unspecified atom stereocenters. The predicted octanol–water partition coefficient (Wildman–Crippen LogP) is 5.75. The quantitative estimate of drug-likeness (QED) is 0.252. The molecule has 41 heavy (non-hydrogen) atoms. The Morgan fingerprint density at radius 3 is 2.39 bits per heavy atom. The minimum atomic E-state index is -4.50. The first-order valence-electron chi connectivity index (χ1n) is 13.3. The Morgan fingerprint density at radius 1 is 1.07 bits per heavy atom. The van der Waals surface area contributed by atoms with E-state index in [0.717, 1.165) is 6.42 Å². The summed E-state index contributed by atoms with van der Waals surface area (Å²) in [6.45, 7) is 7.41. The zero-order chi connectivity index (χ0) is 29.9. The number of unbranched alkanes of at least 4 members (excludes halogenated alkanes) is 1. The summed E-state index contributed by atoms with van der Waals surface area (Å²) in [5.41, 5.74) is 1.85. The molecule has 212 valence electrons. The number of hydrogen-bond acceptors (Lipinski definition) is 7. The molecule has 0 bridgehead atoms. The topological polar surface area (TPSA) is 126 Å². The lowest BCUT2D eigenvalue weighted by Gasteiger charge is -2.27. The average Bonchev–Trinajstić information content (AvgIpc) is 2.93. The molecule has 0 saturated heterocycles. The number of benzene rings is 2. The van der Waals surface area contributed by atoms with Gasteiger partial charge in [-0.05, 0) is 66.8 Å². The maximum Gasteiger partial charge on any atom is 0.277 e. The van der Waals surface area contributed by atoms with E-state index in [-0.39, 0.29) is 16.6 Å². The van der Waals surface area contributed by atoms with E-state index in [1.807, 2.05) is 20.8 Å². The van der Waals surface area contributed by atoms with E-state index in [4.69, 9.17) is 0 Å². The van der Waals surface area contributed by atoms with Crippen LogP contribution in [0.1, 0.15) is 62.3 Å². The van der Waals surface area contributed by atoms with Crippen molar-refractivity contribution in [3.8, 4) is 23.1 Å². The van der Waals surface area contributed by atoms with E-state index in [1.165, 1.54) is 34.9 Å². The van der Waals surface area contributed by atoms with Gasteiger partial charge in [0.25, 0.3) is 5.56 Å². The molecular formula is C31H31FN4O4S. The van der Waals surface area contributed by atoms with Crippen LogP contribution in [0.15, 0.2) is 75.2 Å². The highest BCUT2D eigenvalue weighted by molar-refractivity contribution is 7.91. The number of aryl methyl sites for hydroxylation is 2. The van der Waals surface area contributed by atoms with Crippen LogP contribution in [0.4, 0.5) is 4.39 Å². The van der Waals surface area contributed by atoms with Gasteiger partial charge in [-0.1, -0.05) is 51.5 Å². The maximum absolute atomic E-state index is 14.1. The Hall–Kier alpha value is -4.36. The van der Waals surface area contributed by atoms with E-state index in [0.29, 0.717) is 40.8 Å². The van der Waals surface area contributed by atoms with Crippen LogP contribution in [-0.2, 0) is 16.3 Å². The van der Waals surface area contributed by atoms with Crippen molar-refractivity contribution < 1.29 is 17.9 Å². The second kappa shape index (κ2) is 12.0. The number of nitrogens with zero attached hydrogens (tertiary/aromatic N) is 4. The number of aromatic nitrogens is 3. The Kier molecular flexibility index (Phi) is 8.69. The van der Waals surface area contributed by atoms with Crippen molar-refractivity contribution in [3.63, 3.8) is 0 Å². The number of pyridine rings is 1. The third kappa shape index (κ3) is 5.91. The molecule has 0 saturated carbocycles. The van der Waals surface area contributed by atoms with Crippen molar-refractivity contribution in [2.24, 2.45) is 5.92 Å². The van der Waals surface area contributed by atoms with Crippen LogP contribution in [0.5, 0.6) is 5.88 Å². The van der Waals surface area contributed by atoms with Crippen LogP contribution >= 0.6 is 0 Å². The minimum absolute atomic E-state index is 0.184. The van der Waals surface area contributed by atoms with Crippen molar-refractivity contribution >= 4 is 9.84 Å². The van der Waals surface area contributed by atoms with E-state index in [2.05, 4.69) is 16.0 Å². The molecule has 2 heterocycles. The van der Waals surface area contributed by atoms with Gasteiger partial charge in [0, 0.05) is 17.7 Å². The number of hydrogen-bond donors (Lipinski definition) is 1. The summed E-state index contributed by atoms with van der Waals surface area (Å²) in [4.78, 5) is 21.1. The van der Waals surface area contributed by atoms with Gasteiger partial charge in [0.15, 0.2) is 4.90 Å². The first-order valence-corrected chi connectivity index (χ1v) is 14.8. The third-order valence-electron chi connectivity index (χ3n) is 6.95. The molecule has 4 aromatic rings. The number of nitriles is 1. The Bertz CT molecular complexity index is 1790. The smallest absolute Gasteiger partial charge is 0.277 e. The van der Waals surface area contributed by atoms with Crippen LogP contribution in [0, 0.1) is 30.1 Å². The highest BCUT2D eigenvalue weighted by atomic mass is 32.2. The molecule has 0 spiro atoms. The fourth-order valence-corrected chi connectivity index (χ4v) is 6.32. The molecule has 1 atom stereocenters. The summed E-state index contributed by atoms with van der Waals surface area (Å²) in [6.07, 6.45) is 1.81.